The molecule has 0 aliphatic carbocycles. The van der Waals surface area contributed by atoms with Crippen LogP contribution in [-0.4, -0.2) is 34.1 Å². The minimum Gasteiger partial charge on any atom is -0.481 e. The lowest BCUT2D eigenvalue weighted by atomic mass is 10.1. The standard InChI is InChI=1S/C12H12Cl2N2O5/c13-6-3-5(4-7(14)10(6)15)11(19)16-8(12(20)21)1-2-9(17)18/h3-4,8H,1-2,15H2,(H,16,19)(H,17,18)(H,20,21). The normalized spacial score (nSPS) is 11.7. The van der Waals surface area contributed by atoms with Gasteiger partial charge in [-0.3, -0.25) is 9.59 Å². The molecule has 0 fully saturated rings. The van der Waals surface area contributed by atoms with Crippen LogP contribution < -0.4 is 11.1 Å². The first-order valence-electron chi connectivity index (χ1n) is 5.72. The molecule has 0 bridgehead atoms. The molecule has 0 heterocycles. The SMILES string of the molecule is Nc1c(Cl)cc(C(=O)NC(CCC(=O)O)C(=O)O)cc1Cl. The number of nitrogen functional groups attached to an aromatic ring is 1. The summed E-state index contributed by atoms with van der Waals surface area (Å²) in [5.41, 5.74) is 5.66. The van der Waals surface area contributed by atoms with Gasteiger partial charge in [-0.05, 0) is 18.6 Å². The predicted molar refractivity (Wildman–Crippen MR) is 76.6 cm³/mol. The number of rotatable bonds is 6. The van der Waals surface area contributed by atoms with E-state index in [1.807, 2.05) is 0 Å². The maximum absolute atomic E-state index is 11.9. The summed E-state index contributed by atoms with van der Waals surface area (Å²) in [7, 11) is 0. The summed E-state index contributed by atoms with van der Waals surface area (Å²) < 4.78 is 0. The van der Waals surface area contributed by atoms with E-state index in [2.05, 4.69) is 5.32 Å². The van der Waals surface area contributed by atoms with Crippen LogP contribution in [0, 0.1) is 0 Å². The van der Waals surface area contributed by atoms with E-state index in [4.69, 9.17) is 39.1 Å². The Balaban J connectivity index is 2.87. The fourth-order valence-electron chi connectivity index (χ4n) is 1.48. The Morgan fingerprint density at radius 3 is 2.14 bits per heavy atom. The lowest BCUT2D eigenvalue weighted by molar-refractivity contribution is -0.140. The maximum Gasteiger partial charge on any atom is 0.326 e. The van der Waals surface area contributed by atoms with Crippen molar-refractivity contribution in [1.82, 2.24) is 5.32 Å². The lowest BCUT2D eigenvalue weighted by Crippen LogP contribution is -2.41. The van der Waals surface area contributed by atoms with Crippen LogP contribution in [0.25, 0.3) is 0 Å². The summed E-state index contributed by atoms with van der Waals surface area (Å²) >= 11 is 11.6. The number of carbonyl (C=O) groups is 3. The summed E-state index contributed by atoms with van der Waals surface area (Å²) in [5, 5.41) is 19.8. The molecule has 21 heavy (non-hydrogen) atoms. The Bertz CT molecular complexity index is 568. The fourth-order valence-corrected chi connectivity index (χ4v) is 1.97. The van der Waals surface area contributed by atoms with Crippen molar-refractivity contribution in [3.8, 4) is 0 Å². The molecule has 1 atom stereocenters. The number of nitrogens with two attached hydrogens (primary N) is 1. The number of amides is 1. The fraction of sp³-hybridized carbons (Fsp3) is 0.250. The van der Waals surface area contributed by atoms with Crippen LogP contribution in [0.5, 0.6) is 0 Å². The summed E-state index contributed by atoms with van der Waals surface area (Å²) in [5.74, 6) is -3.23. The molecule has 1 unspecified atom stereocenters. The predicted octanol–water partition coefficient (Wildman–Crippen LogP) is 1.62. The second-order valence-electron chi connectivity index (χ2n) is 4.15. The Morgan fingerprint density at radius 2 is 1.71 bits per heavy atom. The van der Waals surface area contributed by atoms with E-state index in [9.17, 15) is 14.4 Å². The molecule has 0 saturated heterocycles. The zero-order valence-electron chi connectivity index (χ0n) is 10.6. The number of halogens is 2. The van der Waals surface area contributed by atoms with E-state index in [-0.39, 0.29) is 34.1 Å². The number of carboxylic acid groups (broad SMARTS) is 2. The Hall–Kier alpha value is -1.99. The van der Waals surface area contributed by atoms with E-state index in [1.54, 1.807) is 0 Å². The number of anilines is 1. The lowest BCUT2D eigenvalue weighted by Gasteiger charge is -2.14. The molecule has 9 heteroatoms. The third kappa shape index (κ3) is 4.80. The van der Waals surface area contributed by atoms with Gasteiger partial charge in [0.25, 0.3) is 5.91 Å². The minimum absolute atomic E-state index is 0.0285. The van der Waals surface area contributed by atoms with Crippen molar-refractivity contribution in [3.63, 3.8) is 0 Å². The summed E-state index contributed by atoms with van der Waals surface area (Å²) in [6, 6.07) is 1.16. The first-order valence-corrected chi connectivity index (χ1v) is 6.48. The number of carboxylic acids is 2. The van der Waals surface area contributed by atoms with Gasteiger partial charge in [0.1, 0.15) is 6.04 Å². The summed E-state index contributed by atoms with van der Waals surface area (Å²) in [6.45, 7) is 0. The second-order valence-corrected chi connectivity index (χ2v) is 4.96. The van der Waals surface area contributed by atoms with Crippen molar-refractivity contribution in [3.05, 3.63) is 27.7 Å². The molecule has 1 rings (SSSR count). The molecule has 0 spiro atoms. The molecule has 5 N–H and O–H groups in total. The quantitative estimate of drug-likeness (QED) is 0.585. The highest BCUT2D eigenvalue weighted by Gasteiger charge is 2.22. The van der Waals surface area contributed by atoms with Crippen molar-refractivity contribution in [2.75, 3.05) is 5.73 Å². The van der Waals surface area contributed by atoms with E-state index >= 15 is 0 Å². The molecule has 1 aromatic carbocycles. The second kappa shape index (κ2) is 7.14. The van der Waals surface area contributed by atoms with Gasteiger partial charge in [0.05, 0.1) is 15.7 Å². The Kier molecular flexibility index (Phi) is 5.80. The molecule has 0 aliphatic heterocycles. The zero-order valence-corrected chi connectivity index (χ0v) is 12.1. The first kappa shape index (κ1) is 17.1. The number of hydrogen-bond acceptors (Lipinski definition) is 4. The van der Waals surface area contributed by atoms with Crippen molar-refractivity contribution in [2.24, 2.45) is 0 Å². The van der Waals surface area contributed by atoms with Crippen molar-refractivity contribution in [1.29, 1.82) is 0 Å². The van der Waals surface area contributed by atoms with Crippen molar-refractivity contribution < 1.29 is 24.6 Å². The molecule has 0 aromatic heterocycles. The van der Waals surface area contributed by atoms with E-state index < -0.39 is 23.9 Å². The van der Waals surface area contributed by atoms with Crippen LogP contribution in [0.3, 0.4) is 0 Å². The molecular weight excluding hydrogens is 323 g/mol. The van der Waals surface area contributed by atoms with Crippen LogP contribution >= 0.6 is 23.2 Å². The third-order valence-corrected chi connectivity index (χ3v) is 3.22. The van der Waals surface area contributed by atoms with Crippen LogP contribution in [0.4, 0.5) is 5.69 Å². The van der Waals surface area contributed by atoms with Gasteiger partial charge in [-0.15, -0.1) is 0 Å². The smallest absolute Gasteiger partial charge is 0.326 e. The van der Waals surface area contributed by atoms with Crippen molar-refractivity contribution in [2.45, 2.75) is 18.9 Å². The molecule has 1 aromatic rings. The van der Waals surface area contributed by atoms with E-state index in [0.29, 0.717) is 0 Å². The average molecular weight is 335 g/mol. The number of nitrogens with one attached hydrogen (secondary N) is 1. The maximum atomic E-state index is 11.9. The van der Waals surface area contributed by atoms with E-state index in [1.165, 1.54) is 12.1 Å². The van der Waals surface area contributed by atoms with Gasteiger partial charge in [-0.1, -0.05) is 23.2 Å². The van der Waals surface area contributed by atoms with Gasteiger partial charge >= 0.3 is 11.9 Å². The number of carbonyl (C=O) groups excluding carboxylic acids is 1. The summed E-state index contributed by atoms with van der Waals surface area (Å²) in [6.07, 6.45) is -0.632. The molecule has 0 aliphatic rings. The molecule has 114 valence electrons. The summed E-state index contributed by atoms with van der Waals surface area (Å²) in [4.78, 5) is 33.4. The van der Waals surface area contributed by atoms with Gasteiger partial charge in [-0.25, -0.2) is 4.79 Å². The van der Waals surface area contributed by atoms with Gasteiger partial charge < -0.3 is 21.3 Å². The zero-order chi connectivity index (χ0) is 16.2. The van der Waals surface area contributed by atoms with E-state index in [0.717, 1.165) is 0 Å². The molecule has 0 saturated carbocycles. The Morgan fingerprint density at radius 1 is 1.19 bits per heavy atom. The largest absolute Gasteiger partial charge is 0.481 e. The average Bonchev–Trinajstić information content (AvgIpc) is 2.39. The highest BCUT2D eigenvalue weighted by atomic mass is 35.5. The van der Waals surface area contributed by atoms with Crippen LogP contribution in [0.1, 0.15) is 23.2 Å². The minimum atomic E-state index is -1.34. The highest BCUT2D eigenvalue weighted by molar-refractivity contribution is 6.39. The third-order valence-electron chi connectivity index (χ3n) is 2.59. The van der Waals surface area contributed by atoms with Gasteiger partial charge in [0, 0.05) is 12.0 Å². The monoisotopic (exact) mass is 334 g/mol. The first-order chi connectivity index (χ1) is 9.72. The molecule has 0 radical (unpaired) electrons. The number of benzene rings is 1. The number of aliphatic carboxylic acids is 2. The topological polar surface area (TPSA) is 130 Å². The van der Waals surface area contributed by atoms with Gasteiger partial charge in [0.2, 0.25) is 0 Å². The van der Waals surface area contributed by atoms with Crippen LogP contribution in [0.2, 0.25) is 10.0 Å². The molecule has 7 nitrogen and oxygen atoms in total. The van der Waals surface area contributed by atoms with Gasteiger partial charge in [-0.2, -0.15) is 0 Å². The molecule has 1 amide bonds. The van der Waals surface area contributed by atoms with Crippen LogP contribution in [0.15, 0.2) is 12.1 Å². The van der Waals surface area contributed by atoms with Crippen molar-refractivity contribution >= 4 is 46.7 Å². The van der Waals surface area contributed by atoms with Gasteiger partial charge in [0.15, 0.2) is 0 Å². The Labute approximate surface area is 129 Å². The highest BCUT2D eigenvalue weighted by Crippen LogP contribution is 2.28. The molecular formula is C12H12Cl2N2O5. The number of hydrogen-bond donors (Lipinski definition) is 4. The van der Waals surface area contributed by atoms with Crippen LogP contribution in [-0.2, 0) is 9.59 Å².